The van der Waals surface area contributed by atoms with Crippen LogP contribution in [0.4, 0.5) is 34.8 Å². The van der Waals surface area contributed by atoms with Gasteiger partial charge in [-0.25, -0.2) is 9.97 Å². The molecule has 5 rings (SSSR count). The molecule has 0 spiro atoms. The first-order chi connectivity index (χ1) is 15.7. The fourth-order valence-corrected chi connectivity index (χ4v) is 3.54. The van der Waals surface area contributed by atoms with Crippen LogP contribution < -0.4 is 15.5 Å². The largest absolute Gasteiger partial charge is 0.329 e. The summed E-state index contributed by atoms with van der Waals surface area (Å²) in [4.78, 5) is 15.8. The summed E-state index contributed by atoms with van der Waals surface area (Å²) < 4.78 is 2.05. The Labute approximate surface area is 186 Å². The molecule has 0 aliphatic heterocycles. The van der Waals surface area contributed by atoms with E-state index < -0.39 is 0 Å². The molecule has 0 saturated heterocycles. The van der Waals surface area contributed by atoms with Gasteiger partial charge in [0.1, 0.15) is 5.82 Å². The van der Waals surface area contributed by atoms with E-state index in [0.717, 1.165) is 39.9 Å². The molecule has 2 aromatic heterocycles. The first-order valence-electron chi connectivity index (χ1n) is 10.3. The maximum Gasteiger partial charge on any atom is 0.229 e. The first-order valence-corrected chi connectivity index (χ1v) is 10.3. The van der Waals surface area contributed by atoms with Crippen LogP contribution in [0.1, 0.15) is 0 Å². The van der Waals surface area contributed by atoms with E-state index in [2.05, 4.69) is 43.4 Å². The maximum atomic E-state index is 4.80. The van der Waals surface area contributed by atoms with E-state index in [4.69, 9.17) is 4.98 Å². The van der Waals surface area contributed by atoms with Crippen molar-refractivity contribution in [1.29, 1.82) is 0 Å². The number of imidazole rings is 1. The number of rotatable bonds is 6. The monoisotopic (exact) mass is 421 g/mol. The fraction of sp³-hybridized carbons (Fsp3) is 0.0800. The van der Waals surface area contributed by atoms with Gasteiger partial charge in [-0.15, -0.1) is 0 Å². The van der Waals surface area contributed by atoms with Crippen molar-refractivity contribution >= 4 is 45.8 Å². The summed E-state index contributed by atoms with van der Waals surface area (Å²) >= 11 is 0. The average Bonchev–Trinajstić information content (AvgIpc) is 3.14. The van der Waals surface area contributed by atoms with Crippen molar-refractivity contribution < 1.29 is 0 Å². The van der Waals surface area contributed by atoms with Crippen LogP contribution in [-0.2, 0) is 7.05 Å². The number of hydrogen-bond donors (Lipinski definition) is 2. The van der Waals surface area contributed by atoms with Gasteiger partial charge in [0, 0.05) is 37.4 Å². The van der Waals surface area contributed by atoms with Gasteiger partial charge in [0.05, 0.1) is 11.0 Å². The van der Waals surface area contributed by atoms with Gasteiger partial charge in [0.2, 0.25) is 11.9 Å². The van der Waals surface area contributed by atoms with Gasteiger partial charge in [-0.1, -0.05) is 36.4 Å². The van der Waals surface area contributed by atoms with E-state index in [1.165, 1.54) is 0 Å². The molecule has 2 heterocycles. The van der Waals surface area contributed by atoms with Crippen LogP contribution in [0.15, 0.2) is 91.1 Å². The molecule has 0 atom stereocenters. The number of benzene rings is 3. The number of nitrogens with zero attached hydrogens (tertiary/aromatic N) is 5. The molecule has 5 aromatic rings. The molecule has 3 aromatic carbocycles. The third-order valence-electron chi connectivity index (χ3n) is 5.30. The van der Waals surface area contributed by atoms with Crippen LogP contribution in [0.25, 0.3) is 11.0 Å². The molecule has 0 radical (unpaired) electrons. The molecule has 7 heteroatoms. The minimum atomic E-state index is 0.550. The number of hydrogen-bond acceptors (Lipinski definition) is 6. The summed E-state index contributed by atoms with van der Waals surface area (Å²) in [5.74, 6) is 2.13. The standard InChI is InChI=1S/C25H23N7/c1-31(23-15-16-26-24(30-23)27-18-9-5-3-6-10-18)20-13-14-22-21(17-20)29-25(32(22)2)28-19-11-7-4-8-12-19/h3-17H,1-2H3,(H,28,29)(H,26,27,30). The lowest BCUT2D eigenvalue weighted by atomic mass is 10.2. The number of para-hydroxylation sites is 2. The molecule has 0 saturated carbocycles. The zero-order chi connectivity index (χ0) is 21.9. The number of nitrogens with one attached hydrogen (secondary N) is 2. The Kier molecular flexibility index (Phi) is 5.13. The quantitative estimate of drug-likeness (QED) is 0.371. The molecule has 2 N–H and O–H groups in total. The van der Waals surface area contributed by atoms with E-state index >= 15 is 0 Å². The highest BCUT2D eigenvalue weighted by Gasteiger charge is 2.12. The SMILES string of the molecule is CN(c1ccc2c(c1)nc(Nc1ccccc1)n2C)c1ccnc(Nc2ccccc2)n1. The Bertz CT molecular complexity index is 1350. The van der Waals surface area contributed by atoms with Gasteiger partial charge >= 0.3 is 0 Å². The second kappa shape index (κ2) is 8.39. The van der Waals surface area contributed by atoms with E-state index in [0.29, 0.717) is 5.95 Å². The summed E-state index contributed by atoms with van der Waals surface area (Å²) in [5.41, 5.74) is 4.90. The molecule has 0 unspecified atom stereocenters. The van der Waals surface area contributed by atoms with Gasteiger partial charge in [0.15, 0.2) is 0 Å². The van der Waals surface area contributed by atoms with E-state index in [1.54, 1.807) is 6.20 Å². The summed E-state index contributed by atoms with van der Waals surface area (Å²) in [5, 5.41) is 6.62. The Balaban J connectivity index is 1.41. The van der Waals surface area contributed by atoms with Crippen molar-refractivity contribution in [3.63, 3.8) is 0 Å². The van der Waals surface area contributed by atoms with Crippen LogP contribution >= 0.6 is 0 Å². The predicted molar refractivity (Wildman–Crippen MR) is 130 cm³/mol. The normalized spacial score (nSPS) is 10.8. The number of aryl methyl sites for hydroxylation is 1. The number of aromatic nitrogens is 4. The van der Waals surface area contributed by atoms with Crippen LogP contribution in [0, 0.1) is 0 Å². The molecule has 0 aliphatic rings. The Morgan fingerprint density at radius 2 is 1.47 bits per heavy atom. The average molecular weight is 422 g/mol. The summed E-state index contributed by atoms with van der Waals surface area (Å²) in [6.45, 7) is 0. The lowest BCUT2D eigenvalue weighted by Crippen LogP contribution is -2.12. The Hall–Kier alpha value is -4.39. The van der Waals surface area contributed by atoms with Crippen molar-refractivity contribution in [3.05, 3.63) is 91.1 Å². The molecule has 0 bridgehead atoms. The molecular weight excluding hydrogens is 398 g/mol. The Morgan fingerprint density at radius 3 is 2.19 bits per heavy atom. The van der Waals surface area contributed by atoms with E-state index in [9.17, 15) is 0 Å². The second-order valence-electron chi connectivity index (χ2n) is 7.45. The number of fused-ring (bicyclic) bond motifs is 1. The lowest BCUT2D eigenvalue weighted by molar-refractivity contribution is 0.958. The van der Waals surface area contributed by atoms with Gasteiger partial charge < -0.3 is 20.1 Å². The topological polar surface area (TPSA) is 70.9 Å². The van der Waals surface area contributed by atoms with Crippen LogP contribution in [-0.4, -0.2) is 26.6 Å². The van der Waals surface area contributed by atoms with Crippen molar-refractivity contribution in [2.45, 2.75) is 0 Å². The number of anilines is 6. The predicted octanol–water partition coefficient (Wildman–Crippen LogP) is 5.62. The van der Waals surface area contributed by atoms with Crippen molar-refractivity contribution in [2.75, 3.05) is 22.6 Å². The van der Waals surface area contributed by atoms with Crippen molar-refractivity contribution in [1.82, 2.24) is 19.5 Å². The zero-order valence-corrected chi connectivity index (χ0v) is 17.9. The molecule has 7 nitrogen and oxygen atoms in total. The van der Waals surface area contributed by atoms with Crippen LogP contribution in [0.2, 0.25) is 0 Å². The Morgan fingerprint density at radius 1 is 0.781 bits per heavy atom. The van der Waals surface area contributed by atoms with Crippen LogP contribution in [0.5, 0.6) is 0 Å². The highest BCUT2D eigenvalue weighted by Crippen LogP contribution is 2.28. The minimum absolute atomic E-state index is 0.550. The lowest BCUT2D eigenvalue weighted by Gasteiger charge is -2.19. The highest BCUT2D eigenvalue weighted by molar-refractivity contribution is 5.84. The van der Waals surface area contributed by atoms with Crippen LogP contribution in [0.3, 0.4) is 0 Å². The molecule has 0 fully saturated rings. The van der Waals surface area contributed by atoms with Gasteiger partial charge in [-0.05, 0) is 48.5 Å². The van der Waals surface area contributed by atoms with E-state index in [-0.39, 0.29) is 0 Å². The second-order valence-corrected chi connectivity index (χ2v) is 7.45. The highest BCUT2D eigenvalue weighted by atomic mass is 15.2. The summed E-state index contributed by atoms with van der Waals surface area (Å²) in [6, 6.07) is 28.0. The van der Waals surface area contributed by atoms with Gasteiger partial charge in [-0.3, -0.25) is 0 Å². The van der Waals surface area contributed by atoms with Gasteiger partial charge in [-0.2, -0.15) is 4.98 Å². The summed E-state index contributed by atoms with van der Waals surface area (Å²) in [6.07, 6.45) is 1.76. The third-order valence-corrected chi connectivity index (χ3v) is 5.30. The summed E-state index contributed by atoms with van der Waals surface area (Å²) in [7, 11) is 4.00. The molecular formula is C25H23N7. The molecule has 0 aliphatic carbocycles. The molecule has 158 valence electrons. The minimum Gasteiger partial charge on any atom is -0.329 e. The van der Waals surface area contributed by atoms with E-state index in [1.807, 2.05) is 85.7 Å². The zero-order valence-electron chi connectivity index (χ0n) is 17.9. The molecule has 0 amide bonds. The fourth-order valence-electron chi connectivity index (χ4n) is 3.54. The molecule has 32 heavy (non-hydrogen) atoms. The van der Waals surface area contributed by atoms with Crippen molar-refractivity contribution in [3.8, 4) is 0 Å². The van der Waals surface area contributed by atoms with Gasteiger partial charge in [0.25, 0.3) is 0 Å². The third kappa shape index (κ3) is 3.96. The smallest absolute Gasteiger partial charge is 0.229 e. The van der Waals surface area contributed by atoms with Crippen molar-refractivity contribution in [2.24, 2.45) is 7.05 Å². The maximum absolute atomic E-state index is 4.80. The first kappa shape index (κ1) is 19.6.